The normalized spacial score (nSPS) is 32.4. The highest BCUT2D eigenvalue weighted by Crippen LogP contribution is 2.47. The van der Waals surface area contributed by atoms with E-state index < -0.39 is 0 Å². The van der Waals surface area contributed by atoms with Crippen molar-refractivity contribution in [3.63, 3.8) is 0 Å². The summed E-state index contributed by atoms with van der Waals surface area (Å²) in [5, 5.41) is 0. The number of aldehydes is 1. The summed E-state index contributed by atoms with van der Waals surface area (Å²) in [6.07, 6.45) is 5.38. The van der Waals surface area contributed by atoms with Crippen molar-refractivity contribution in [2.24, 2.45) is 17.8 Å². The predicted molar refractivity (Wildman–Crippen MR) is 88.6 cm³/mol. The lowest BCUT2D eigenvalue weighted by Crippen LogP contribution is -2.38. The number of allylic oxidation sites excluding steroid dienone is 3. The Labute approximate surface area is 138 Å². The zero-order chi connectivity index (χ0) is 17.0. The fraction of sp³-hybridized carbons (Fsp3) is 0.684. The van der Waals surface area contributed by atoms with Crippen molar-refractivity contribution in [3.05, 3.63) is 23.0 Å². The minimum absolute atomic E-state index is 0.0405. The van der Waals surface area contributed by atoms with Crippen LogP contribution in [0.25, 0.3) is 0 Å². The second-order valence-corrected chi connectivity index (χ2v) is 6.68. The number of hydrogen-bond donors (Lipinski definition) is 0. The average molecular weight is 320 g/mol. The minimum Gasteiger partial charge on any atom is -0.472 e. The Kier molecular flexibility index (Phi) is 6.17. The average Bonchev–Trinajstić information content (AvgIpc) is 2.53. The predicted octanol–water partition coefficient (Wildman–Crippen LogP) is 3.81. The van der Waals surface area contributed by atoms with Gasteiger partial charge in [0.15, 0.2) is 6.29 Å². The molecule has 0 amide bonds. The summed E-state index contributed by atoms with van der Waals surface area (Å²) in [5.41, 5.74) is 3.62. The molecule has 1 aliphatic heterocycles. The highest BCUT2D eigenvalue weighted by molar-refractivity contribution is 5.79. The SMILES string of the molecule is CCO[C@H]1C[C@@H]2C(=CO1)/C(=C(/C)CCC=O)C[C@@H](C(C)=O)[C@H]2C. The smallest absolute Gasteiger partial charge is 0.199 e. The minimum atomic E-state index is -0.224. The van der Waals surface area contributed by atoms with Crippen molar-refractivity contribution in [2.75, 3.05) is 6.61 Å². The summed E-state index contributed by atoms with van der Waals surface area (Å²) < 4.78 is 11.4. The Morgan fingerprint density at radius 1 is 1.43 bits per heavy atom. The first-order valence-electron chi connectivity index (χ1n) is 8.59. The molecule has 0 aromatic rings. The Hall–Kier alpha value is -1.42. The van der Waals surface area contributed by atoms with Gasteiger partial charge in [-0.25, -0.2) is 0 Å². The van der Waals surface area contributed by atoms with Crippen LogP contribution in [0.5, 0.6) is 0 Å². The highest BCUT2D eigenvalue weighted by Gasteiger charge is 2.42. The van der Waals surface area contributed by atoms with Crippen LogP contribution >= 0.6 is 0 Å². The van der Waals surface area contributed by atoms with Crippen molar-refractivity contribution in [1.29, 1.82) is 0 Å². The van der Waals surface area contributed by atoms with Crippen LogP contribution < -0.4 is 0 Å². The molecule has 0 aromatic carbocycles. The Morgan fingerprint density at radius 2 is 2.17 bits per heavy atom. The topological polar surface area (TPSA) is 52.6 Å². The summed E-state index contributed by atoms with van der Waals surface area (Å²) in [4.78, 5) is 22.8. The quantitative estimate of drug-likeness (QED) is 0.698. The third kappa shape index (κ3) is 3.92. The third-order valence-corrected chi connectivity index (χ3v) is 5.26. The van der Waals surface area contributed by atoms with Gasteiger partial charge in [-0.2, -0.15) is 0 Å². The van der Waals surface area contributed by atoms with Crippen LogP contribution in [0, 0.1) is 17.8 Å². The number of ketones is 1. The van der Waals surface area contributed by atoms with Gasteiger partial charge < -0.3 is 14.3 Å². The van der Waals surface area contributed by atoms with Crippen LogP contribution in [-0.4, -0.2) is 25.0 Å². The van der Waals surface area contributed by atoms with Gasteiger partial charge in [-0.1, -0.05) is 12.5 Å². The lowest BCUT2D eigenvalue weighted by Gasteiger charge is -2.42. The van der Waals surface area contributed by atoms with Gasteiger partial charge in [0.1, 0.15) is 12.1 Å². The van der Waals surface area contributed by atoms with E-state index in [1.807, 2.05) is 13.2 Å². The Morgan fingerprint density at radius 3 is 2.78 bits per heavy atom. The summed E-state index contributed by atoms with van der Waals surface area (Å²) in [7, 11) is 0. The molecule has 1 heterocycles. The number of hydrogen-bond acceptors (Lipinski definition) is 4. The van der Waals surface area contributed by atoms with E-state index in [1.165, 1.54) is 16.7 Å². The van der Waals surface area contributed by atoms with Crippen LogP contribution in [0.15, 0.2) is 23.0 Å². The molecule has 1 aliphatic carbocycles. The second-order valence-electron chi connectivity index (χ2n) is 6.68. The largest absolute Gasteiger partial charge is 0.472 e. The lowest BCUT2D eigenvalue weighted by atomic mass is 9.64. The van der Waals surface area contributed by atoms with Crippen molar-refractivity contribution < 1.29 is 19.1 Å². The van der Waals surface area contributed by atoms with Crippen molar-refractivity contribution in [2.45, 2.75) is 59.7 Å². The molecule has 0 bridgehead atoms. The maximum absolute atomic E-state index is 12.1. The number of Topliss-reactive ketones (excluding diaryl/α,β-unsaturated/α-hetero) is 1. The van der Waals surface area contributed by atoms with E-state index in [0.29, 0.717) is 13.0 Å². The summed E-state index contributed by atoms with van der Waals surface area (Å²) in [6, 6.07) is 0. The van der Waals surface area contributed by atoms with Gasteiger partial charge in [-0.15, -0.1) is 0 Å². The number of rotatable bonds is 6. The molecule has 0 aromatic heterocycles. The molecular weight excluding hydrogens is 292 g/mol. The van der Waals surface area contributed by atoms with Crippen LogP contribution in [0.1, 0.15) is 53.4 Å². The van der Waals surface area contributed by atoms with Gasteiger partial charge in [-0.3, -0.25) is 4.79 Å². The highest BCUT2D eigenvalue weighted by atomic mass is 16.7. The van der Waals surface area contributed by atoms with E-state index in [-0.39, 0.29) is 29.8 Å². The van der Waals surface area contributed by atoms with Gasteiger partial charge in [0, 0.05) is 25.4 Å². The van der Waals surface area contributed by atoms with Crippen molar-refractivity contribution in [1.82, 2.24) is 0 Å². The molecule has 4 heteroatoms. The third-order valence-electron chi connectivity index (χ3n) is 5.26. The van der Waals surface area contributed by atoms with E-state index in [2.05, 4.69) is 13.8 Å². The zero-order valence-electron chi connectivity index (χ0n) is 14.6. The summed E-state index contributed by atoms with van der Waals surface area (Å²) >= 11 is 0. The number of fused-ring (bicyclic) bond motifs is 1. The van der Waals surface area contributed by atoms with E-state index in [9.17, 15) is 9.59 Å². The molecular formula is C19H28O4. The first-order valence-corrected chi connectivity index (χ1v) is 8.59. The number of ether oxygens (including phenoxy) is 2. The lowest BCUT2D eigenvalue weighted by molar-refractivity contribution is -0.133. The van der Waals surface area contributed by atoms with Crippen LogP contribution in [0.2, 0.25) is 0 Å². The number of carbonyl (C=O) groups excluding carboxylic acids is 2. The van der Waals surface area contributed by atoms with E-state index in [4.69, 9.17) is 9.47 Å². The Bertz CT molecular complexity index is 517. The van der Waals surface area contributed by atoms with Gasteiger partial charge in [0.2, 0.25) is 0 Å². The summed E-state index contributed by atoms with van der Waals surface area (Å²) in [5.74, 6) is 0.854. The standard InChI is InChI=1S/C19H28O4/c1-5-22-19-10-17-13(3)16(14(4)21)9-15(18(17)11-23-19)12(2)7-6-8-20/h8,11,13,16-17,19H,5-7,9-10H2,1-4H3/b15-12-/t13-,16-,17+,19-/m1/s1. The summed E-state index contributed by atoms with van der Waals surface area (Å²) in [6.45, 7) is 8.49. The van der Waals surface area contributed by atoms with Crippen LogP contribution in [-0.2, 0) is 19.1 Å². The molecule has 0 saturated heterocycles. The molecule has 0 spiro atoms. The van der Waals surface area contributed by atoms with Gasteiger partial charge in [0.25, 0.3) is 0 Å². The molecule has 0 N–H and O–H groups in total. The monoisotopic (exact) mass is 320 g/mol. The molecule has 2 aliphatic rings. The molecule has 0 radical (unpaired) electrons. The van der Waals surface area contributed by atoms with Crippen LogP contribution in [0.3, 0.4) is 0 Å². The van der Waals surface area contributed by atoms with E-state index >= 15 is 0 Å². The number of carbonyl (C=O) groups is 2. The molecule has 1 fully saturated rings. The molecule has 4 atom stereocenters. The molecule has 23 heavy (non-hydrogen) atoms. The fourth-order valence-corrected chi connectivity index (χ4v) is 3.88. The van der Waals surface area contributed by atoms with Gasteiger partial charge in [-0.05, 0) is 56.6 Å². The maximum Gasteiger partial charge on any atom is 0.199 e. The molecule has 128 valence electrons. The first-order chi connectivity index (χ1) is 11.0. The molecule has 0 unspecified atom stereocenters. The van der Waals surface area contributed by atoms with Crippen molar-refractivity contribution >= 4 is 12.1 Å². The second kappa shape index (κ2) is 7.91. The Balaban J connectivity index is 2.35. The molecule has 4 nitrogen and oxygen atoms in total. The van der Waals surface area contributed by atoms with Gasteiger partial charge in [0.05, 0.1) is 6.26 Å². The van der Waals surface area contributed by atoms with E-state index in [0.717, 1.165) is 25.5 Å². The van der Waals surface area contributed by atoms with Crippen molar-refractivity contribution in [3.8, 4) is 0 Å². The maximum atomic E-state index is 12.1. The first kappa shape index (κ1) is 17.9. The molecule has 2 rings (SSSR count). The fourth-order valence-electron chi connectivity index (χ4n) is 3.88. The van der Waals surface area contributed by atoms with Gasteiger partial charge >= 0.3 is 0 Å². The molecule has 1 saturated carbocycles. The van der Waals surface area contributed by atoms with E-state index in [1.54, 1.807) is 6.92 Å². The van der Waals surface area contributed by atoms with Crippen LogP contribution in [0.4, 0.5) is 0 Å². The zero-order valence-corrected chi connectivity index (χ0v) is 14.6.